The number of carbonyl (C=O) groups excluding carboxylic acids is 2. The minimum Gasteiger partial charge on any atom is -1.00 e. The summed E-state index contributed by atoms with van der Waals surface area (Å²) >= 11 is 0. The number of aliphatic carboxylic acids is 1. The molecule has 0 saturated carbocycles. The maximum atomic E-state index is 12.3. The van der Waals surface area contributed by atoms with Crippen molar-refractivity contribution >= 4 is 40.1 Å². The summed E-state index contributed by atoms with van der Waals surface area (Å²) in [4.78, 5) is 31.6. The smallest absolute Gasteiger partial charge is 1.00 e. The van der Waals surface area contributed by atoms with E-state index in [1.54, 1.807) is 48.9 Å². The molecule has 13 nitrogen and oxygen atoms in total. The average Bonchev–Trinajstić information content (AvgIpc) is 2.87. The van der Waals surface area contributed by atoms with Gasteiger partial charge in [-0.05, 0) is 24.3 Å². The Morgan fingerprint density at radius 3 is 1.93 bits per heavy atom. The molecule has 0 fully saturated rings. The third-order valence-corrected chi connectivity index (χ3v) is 3.89. The van der Waals surface area contributed by atoms with Gasteiger partial charge in [-0.25, -0.2) is 10.4 Å². The molecule has 1 amide bonds. The van der Waals surface area contributed by atoms with E-state index in [2.05, 4.69) is 30.7 Å². The Bertz CT molecular complexity index is 1330. The Labute approximate surface area is 280 Å². The van der Waals surface area contributed by atoms with E-state index in [9.17, 15) is 24.0 Å². The van der Waals surface area contributed by atoms with Crippen molar-refractivity contribution in [1.82, 2.24) is 15.4 Å². The molecule has 0 aliphatic heterocycles. The van der Waals surface area contributed by atoms with Crippen molar-refractivity contribution in [2.45, 2.75) is 0 Å². The van der Waals surface area contributed by atoms with Gasteiger partial charge < -0.3 is 60.2 Å². The van der Waals surface area contributed by atoms with Gasteiger partial charge in [0.05, 0.1) is 11.7 Å². The Hall–Kier alpha value is -2.82. The summed E-state index contributed by atoms with van der Waals surface area (Å²) in [6.07, 6.45) is 4.79. The van der Waals surface area contributed by atoms with E-state index in [0.717, 1.165) is 0 Å². The molecule has 18 heteroatoms. The zero-order valence-electron chi connectivity index (χ0n) is 21.1. The molecule has 0 spiro atoms. The number of benzene rings is 1. The summed E-state index contributed by atoms with van der Waals surface area (Å²) in [6, 6.07) is 16.9. The van der Waals surface area contributed by atoms with Crippen LogP contribution in [-0.2, 0) is 49.7 Å². The molecule has 0 bridgehead atoms. The van der Waals surface area contributed by atoms with Gasteiger partial charge in [0.15, 0.2) is 5.84 Å². The minimum atomic E-state index is -1.57. The van der Waals surface area contributed by atoms with Gasteiger partial charge >= 0.3 is 34.1 Å². The van der Waals surface area contributed by atoms with E-state index in [1.807, 2.05) is 0 Å². The summed E-state index contributed by atoms with van der Waals surface area (Å²) in [5, 5.41) is 34.3. The SMILES string of the molecule is CS(C)=O.N/C(=N\N=C(/[O-])c1cccc(C(=O)N/N=C(/C(=O)[O-])c2ccccc2)n1)c1ccccn1.O.[Br-].[Br-].[Cu+2].[Cu+2]. The van der Waals surface area contributed by atoms with Crippen molar-refractivity contribution in [3.8, 4) is 0 Å². The predicted molar refractivity (Wildman–Crippen MR) is 135 cm³/mol. The number of nitrogens with two attached hydrogens (primary N) is 1. The number of pyridine rings is 2. The molecular formula is C23H23Br2Cu2N7O6S. The van der Waals surface area contributed by atoms with Gasteiger partial charge in [-0.1, -0.05) is 42.5 Å². The van der Waals surface area contributed by atoms with Gasteiger partial charge in [-0.3, -0.25) is 14.0 Å². The fourth-order valence-electron chi connectivity index (χ4n) is 2.38. The number of nitrogens with zero attached hydrogens (tertiary/aromatic N) is 5. The first-order chi connectivity index (χ1) is 17.2. The predicted octanol–water partition coefficient (Wildman–Crippen LogP) is -8.04. The molecule has 2 aromatic heterocycles. The second kappa shape index (κ2) is 23.8. The zero-order chi connectivity index (χ0) is 26.5. The number of amides is 1. The Balaban J connectivity index is -0.000000714. The molecule has 0 atom stereocenters. The van der Waals surface area contributed by atoms with Crippen LogP contribution in [-0.4, -0.2) is 61.5 Å². The van der Waals surface area contributed by atoms with Gasteiger partial charge in [-0.15, -0.1) is 5.10 Å². The Morgan fingerprint density at radius 2 is 1.39 bits per heavy atom. The third-order valence-electron chi connectivity index (χ3n) is 3.89. The van der Waals surface area contributed by atoms with Crippen molar-refractivity contribution in [3.05, 3.63) is 95.6 Å². The van der Waals surface area contributed by atoms with Crippen molar-refractivity contribution < 1.29 is 97.6 Å². The number of nitrogens with one attached hydrogen (secondary N) is 1. The van der Waals surface area contributed by atoms with E-state index in [1.165, 1.54) is 36.5 Å². The van der Waals surface area contributed by atoms with Crippen LogP contribution in [0, 0.1) is 0 Å². The number of carbonyl (C=O) groups is 2. The standard InChI is InChI=1S/C21H17N7O4.C2H6OS.2BrH.2Cu.H2O/c22-18(14-9-4-5-12-23-14)26-28-20(30)16-11-6-10-15(24-16)19(29)27-25-17(21(31)32)13-7-2-1-3-8-13;1-4(2)3;;;;;/h1-12H,(H2,22,26)(H,27,29)(H,28,30)(H,31,32);1-2H3;2*1H;;;1H2/q;;;;2*+2;/p-4/b25-17+;;;;;;. The monoisotopic (exact) mass is 809 g/mol. The first kappa shape index (κ1) is 45.2. The number of aromatic nitrogens is 2. The molecule has 41 heavy (non-hydrogen) atoms. The van der Waals surface area contributed by atoms with Crippen LogP contribution in [0.2, 0.25) is 0 Å². The number of hydrogen-bond acceptors (Lipinski definition) is 10. The Morgan fingerprint density at radius 1 is 0.854 bits per heavy atom. The molecule has 1 aromatic carbocycles. The van der Waals surface area contributed by atoms with Crippen LogP contribution < -0.4 is 55.3 Å². The molecule has 2 heterocycles. The van der Waals surface area contributed by atoms with Crippen LogP contribution in [0.1, 0.15) is 27.4 Å². The maximum absolute atomic E-state index is 12.3. The molecule has 3 aromatic rings. The summed E-state index contributed by atoms with van der Waals surface area (Å²) < 4.78 is 9.56. The number of carboxylic acids is 1. The first-order valence-electron chi connectivity index (χ1n) is 10.1. The normalized spacial score (nSPS) is 10.5. The fraction of sp³-hybridized carbons (Fsp3) is 0.0870. The van der Waals surface area contributed by atoms with Gasteiger partial charge in [-0.2, -0.15) is 10.2 Å². The summed E-state index contributed by atoms with van der Waals surface area (Å²) in [7, 11) is -0.611. The molecule has 5 N–H and O–H groups in total. The fourth-order valence-corrected chi connectivity index (χ4v) is 2.38. The molecule has 0 unspecified atom stereocenters. The van der Waals surface area contributed by atoms with E-state index in [-0.39, 0.29) is 96.4 Å². The maximum Gasteiger partial charge on any atom is 2.00 e. The van der Waals surface area contributed by atoms with E-state index >= 15 is 0 Å². The van der Waals surface area contributed by atoms with Crippen molar-refractivity contribution in [3.63, 3.8) is 0 Å². The second-order valence-corrected chi connectivity index (χ2v) is 8.29. The topological polar surface area (TPSA) is 230 Å². The van der Waals surface area contributed by atoms with Crippen LogP contribution in [0.15, 0.2) is 88.2 Å². The minimum absolute atomic E-state index is 0. The summed E-state index contributed by atoms with van der Waals surface area (Å²) in [5.74, 6) is -3.33. The molecule has 0 aliphatic carbocycles. The van der Waals surface area contributed by atoms with Crippen LogP contribution in [0.4, 0.5) is 0 Å². The largest absolute Gasteiger partial charge is 2.00 e. The van der Waals surface area contributed by atoms with E-state index in [4.69, 9.17) is 5.73 Å². The van der Waals surface area contributed by atoms with E-state index in [0.29, 0.717) is 5.69 Å². The molecule has 228 valence electrons. The van der Waals surface area contributed by atoms with Crippen LogP contribution in [0.5, 0.6) is 0 Å². The van der Waals surface area contributed by atoms with Gasteiger partial charge in [0.25, 0.3) is 5.91 Å². The molecular weight excluding hydrogens is 789 g/mol. The number of amidine groups is 1. The first-order valence-corrected chi connectivity index (χ1v) is 12.0. The number of halogens is 2. The molecule has 0 aliphatic rings. The van der Waals surface area contributed by atoms with Gasteiger partial charge in [0.1, 0.15) is 17.1 Å². The molecule has 2 radical (unpaired) electrons. The van der Waals surface area contributed by atoms with Crippen molar-refractivity contribution in [1.29, 1.82) is 0 Å². The molecule has 0 saturated heterocycles. The van der Waals surface area contributed by atoms with Gasteiger partial charge in [0.2, 0.25) is 0 Å². The quantitative estimate of drug-likeness (QED) is 0.101. The number of carboxylic acid groups (broad SMARTS) is 1. The van der Waals surface area contributed by atoms with Crippen molar-refractivity contribution in [2.24, 2.45) is 21.0 Å². The van der Waals surface area contributed by atoms with E-state index < -0.39 is 34.3 Å². The van der Waals surface area contributed by atoms with Crippen LogP contribution in [0.25, 0.3) is 0 Å². The number of rotatable bonds is 7. The van der Waals surface area contributed by atoms with Crippen molar-refractivity contribution in [2.75, 3.05) is 12.5 Å². The van der Waals surface area contributed by atoms with Crippen LogP contribution >= 0.6 is 0 Å². The Kier molecular flexibility index (Phi) is 26.3. The second-order valence-electron chi connectivity index (χ2n) is 6.81. The zero-order valence-corrected chi connectivity index (χ0v) is 26.9. The summed E-state index contributed by atoms with van der Waals surface area (Å²) in [5.41, 5.74) is 7.55. The summed E-state index contributed by atoms with van der Waals surface area (Å²) in [6.45, 7) is 0. The number of hydrazone groups is 1. The average molecular weight is 812 g/mol. The molecule has 3 rings (SSSR count). The van der Waals surface area contributed by atoms with Crippen LogP contribution in [0.3, 0.4) is 0 Å². The number of hydrogen-bond donors (Lipinski definition) is 2. The van der Waals surface area contributed by atoms with Gasteiger partial charge in [0, 0.05) is 41.0 Å². The third kappa shape index (κ3) is 16.3.